The summed E-state index contributed by atoms with van der Waals surface area (Å²) in [5.41, 5.74) is 7.08. The third-order valence-corrected chi connectivity index (χ3v) is 3.30. The molecule has 1 atom stereocenters. The molecule has 0 aliphatic rings. The highest BCUT2D eigenvalue weighted by atomic mass is 79.9. The number of hydrogen-bond donors (Lipinski definition) is 2. The highest BCUT2D eigenvalue weighted by Gasteiger charge is 2.13. The van der Waals surface area contributed by atoms with E-state index < -0.39 is 0 Å². The summed E-state index contributed by atoms with van der Waals surface area (Å²) in [6.45, 7) is 4.21. The lowest BCUT2D eigenvalue weighted by molar-refractivity contribution is -0.119. The minimum Gasteiger partial charge on any atom is -0.368 e. The molecule has 0 aromatic carbocycles. The number of primary amides is 1. The van der Waals surface area contributed by atoms with Gasteiger partial charge in [-0.2, -0.15) is 5.10 Å². The largest absolute Gasteiger partial charge is 0.368 e. The van der Waals surface area contributed by atoms with Crippen LogP contribution in [0, 0.1) is 6.92 Å². The van der Waals surface area contributed by atoms with Gasteiger partial charge in [0.15, 0.2) is 0 Å². The average Bonchev–Trinajstić information content (AvgIpc) is 2.38. The maximum Gasteiger partial charge on any atom is 0.234 e. The zero-order chi connectivity index (χ0) is 11.6. The molecule has 1 aromatic rings. The Labute approximate surface area is 97.1 Å². The number of hydrogen-bond acceptors (Lipinski definition) is 3. The van der Waals surface area contributed by atoms with Gasteiger partial charge in [0.25, 0.3) is 0 Å². The molecule has 0 fully saturated rings. The van der Waals surface area contributed by atoms with Crippen LogP contribution in [0.5, 0.6) is 0 Å². The van der Waals surface area contributed by atoms with Crippen LogP contribution < -0.4 is 11.1 Å². The maximum absolute atomic E-state index is 10.8. The van der Waals surface area contributed by atoms with E-state index in [1.54, 1.807) is 11.6 Å². The van der Waals surface area contributed by atoms with Crippen LogP contribution in [0.2, 0.25) is 0 Å². The summed E-state index contributed by atoms with van der Waals surface area (Å²) in [5, 5.41) is 7.27. The standard InChI is InChI=1S/C9H15BrN4O/c1-5-8(10)7(14(3)13-5)4-12-6(2)9(11)15/h6,12H,4H2,1-3H3,(H2,11,15). The summed E-state index contributed by atoms with van der Waals surface area (Å²) in [7, 11) is 1.86. The van der Waals surface area contributed by atoms with Gasteiger partial charge in [-0.1, -0.05) is 0 Å². The number of aryl methyl sites for hydroxylation is 2. The van der Waals surface area contributed by atoms with Crippen molar-refractivity contribution < 1.29 is 4.79 Å². The highest BCUT2D eigenvalue weighted by Crippen LogP contribution is 2.19. The Morgan fingerprint density at radius 1 is 1.73 bits per heavy atom. The second-order valence-electron chi connectivity index (χ2n) is 3.47. The molecule has 0 aliphatic carbocycles. The summed E-state index contributed by atoms with van der Waals surface area (Å²) in [5.74, 6) is -0.356. The molecule has 0 radical (unpaired) electrons. The number of rotatable bonds is 4. The van der Waals surface area contributed by atoms with Crippen LogP contribution in [0.4, 0.5) is 0 Å². The molecule has 0 spiro atoms. The van der Waals surface area contributed by atoms with E-state index >= 15 is 0 Å². The molecule has 1 amide bonds. The van der Waals surface area contributed by atoms with E-state index in [1.807, 2.05) is 14.0 Å². The molecule has 0 bridgehead atoms. The lowest BCUT2D eigenvalue weighted by Gasteiger charge is -2.10. The Hall–Kier alpha value is -0.880. The van der Waals surface area contributed by atoms with Gasteiger partial charge < -0.3 is 11.1 Å². The number of carbonyl (C=O) groups excluding carboxylic acids is 1. The Morgan fingerprint density at radius 2 is 2.33 bits per heavy atom. The minimum absolute atomic E-state index is 0.341. The topological polar surface area (TPSA) is 72.9 Å². The first-order chi connectivity index (χ1) is 6.93. The fourth-order valence-electron chi connectivity index (χ4n) is 1.22. The number of nitrogens with one attached hydrogen (secondary N) is 1. The molecule has 15 heavy (non-hydrogen) atoms. The predicted molar refractivity (Wildman–Crippen MR) is 61.1 cm³/mol. The van der Waals surface area contributed by atoms with E-state index in [-0.39, 0.29) is 11.9 Å². The molecule has 84 valence electrons. The Bertz CT molecular complexity index is 374. The van der Waals surface area contributed by atoms with Gasteiger partial charge in [0.05, 0.1) is 21.9 Å². The lowest BCUT2D eigenvalue weighted by Crippen LogP contribution is -2.38. The SMILES string of the molecule is Cc1nn(C)c(CNC(C)C(N)=O)c1Br. The lowest BCUT2D eigenvalue weighted by atomic mass is 10.3. The molecule has 0 saturated carbocycles. The third-order valence-electron chi connectivity index (χ3n) is 2.26. The third kappa shape index (κ3) is 2.79. The van der Waals surface area contributed by atoms with Crippen molar-refractivity contribution in [1.82, 2.24) is 15.1 Å². The molecule has 1 unspecified atom stereocenters. The predicted octanol–water partition coefficient (Wildman–Crippen LogP) is 0.454. The number of nitrogens with two attached hydrogens (primary N) is 1. The van der Waals surface area contributed by atoms with Gasteiger partial charge in [0.2, 0.25) is 5.91 Å². The van der Waals surface area contributed by atoms with Gasteiger partial charge in [0.1, 0.15) is 0 Å². The number of carbonyl (C=O) groups is 1. The number of aromatic nitrogens is 2. The van der Waals surface area contributed by atoms with Crippen molar-refractivity contribution in [3.8, 4) is 0 Å². The molecule has 1 heterocycles. The first-order valence-corrected chi connectivity index (χ1v) is 5.43. The zero-order valence-electron chi connectivity index (χ0n) is 9.04. The van der Waals surface area contributed by atoms with Crippen molar-refractivity contribution in [2.24, 2.45) is 12.8 Å². The van der Waals surface area contributed by atoms with Crippen LogP contribution in [0.3, 0.4) is 0 Å². The summed E-state index contributed by atoms with van der Waals surface area (Å²) >= 11 is 3.45. The van der Waals surface area contributed by atoms with Gasteiger partial charge in [-0.15, -0.1) is 0 Å². The molecule has 1 aromatic heterocycles. The van der Waals surface area contributed by atoms with E-state index in [2.05, 4.69) is 26.3 Å². The van der Waals surface area contributed by atoms with Gasteiger partial charge in [-0.3, -0.25) is 9.48 Å². The Kier molecular flexibility index (Phi) is 3.87. The average molecular weight is 275 g/mol. The van der Waals surface area contributed by atoms with E-state index in [0.717, 1.165) is 15.9 Å². The van der Waals surface area contributed by atoms with Crippen molar-refractivity contribution in [3.05, 3.63) is 15.9 Å². The molecular formula is C9H15BrN4O. The fourth-order valence-corrected chi connectivity index (χ4v) is 1.70. The molecule has 6 heteroatoms. The van der Waals surface area contributed by atoms with Crippen LogP contribution in [0.25, 0.3) is 0 Å². The summed E-state index contributed by atoms with van der Waals surface area (Å²) < 4.78 is 2.74. The van der Waals surface area contributed by atoms with E-state index in [0.29, 0.717) is 6.54 Å². The monoisotopic (exact) mass is 274 g/mol. The van der Waals surface area contributed by atoms with Crippen LogP contribution in [-0.4, -0.2) is 21.7 Å². The summed E-state index contributed by atoms with van der Waals surface area (Å²) in [6, 6.07) is -0.341. The Balaban J connectivity index is 2.69. The smallest absolute Gasteiger partial charge is 0.234 e. The van der Waals surface area contributed by atoms with Crippen molar-refractivity contribution in [3.63, 3.8) is 0 Å². The van der Waals surface area contributed by atoms with Crippen molar-refractivity contribution in [2.75, 3.05) is 0 Å². The quantitative estimate of drug-likeness (QED) is 0.838. The van der Waals surface area contributed by atoms with Crippen LogP contribution >= 0.6 is 15.9 Å². The van der Waals surface area contributed by atoms with Gasteiger partial charge in [-0.25, -0.2) is 0 Å². The van der Waals surface area contributed by atoms with E-state index in [4.69, 9.17) is 5.73 Å². The summed E-state index contributed by atoms with van der Waals surface area (Å²) in [6.07, 6.45) is 0. The number of amides is 1. The van der Waals surface area contributed by atoms with Crippen LogP contribution in [-0.2, 0) is 18.4 Å². The van der Waals surface area contributed by atoms with Gasteiger partial charge in [-0.05, 0) is 29.8 Å². The van der Waals surface area contributed by atoms with Crippen molar-refractivity contribution >= 4 is 21.8 Å². The number of nitrogens with zero attached hydrogens (tertiary/aromatic N) is 2. The Morgan fingerprint density at radius 3 is 2.73 bits per heavy atom. The molecule has 0 saturated heterocycles. The second-order valence-corrected chi connectivity index (χ2v) is 4.27. The normalized spacial score (nSPS) is 12.8. The van der Waals surface area contributed by atoms with Crippen LogP contribution in [0.1, 0.15) is 18.3 Å². The molecule has 0 aliphatic heterocycles. The van der Waals surface area contributed by atoms with Crippen molar-refractivity contribution in [2.45, 2.75) is 26.4 Å². The van der Waals surface area contributed by atoms with Gasteiger partial charge in [0, 0.05) is 13.6 Å². The van der Waals surface area contributed by atoms with E-state index in [1.165, 1.54) is 0 Å². The molecule has 5 nitrogen and oxygen atoms in total. The minimum atomic E-state index is -0.356. The molecular weight excluding hydrogens is 260 g/mol. The summed E-state index contributed by atoms with van der Waals surface area (Å²) in [4.78, 5) is 10.8. The van der Waals surface area contributed by atoms with Crippen molar-refractivity contribution in [1.29, 1.82) is 0 Å². The molecule has 1 rings (SSSR count). The second kappa shape index (κ2) is 4.76. The first kappa shape index (κ1) is 12.2. The number of halogens is 1. The van der Waals surface area contributed by atoms with Crippen LogP contribution in [0.15, 0.2) is 4.47 Å². The maximum atomic E-state index is 10.8. The highest BCUT2D eigenvalue weighted by molar-refractivity contribution is 9.10. The fraction of sp³-hybridized carbons (Fsp3) is 0.556. The van der Waals surface area contributed by atoms with E-state index in [9.17, 15) is 4.79 Å². The first-order valence-electron chi connectivity index (χ1n) is 4.64. The van der Waals surface area contributed by atoms with Gasteiger partial charge >= 0.3 is 0 Å². The zero-order valence-corrected chi connectivity index (χ0v) is 10.6. The molecule has 3 N–H and O–H groups in total.